The van der Waals surface area contributed by atoms with E-state index in [-0.39, 0.29) is 37.2 Å². The van der Waals surface area contributed by atoms with Gasteiger partial charge in [0.05, 0.1) is 19.0 Å². The van der Waals surface area contributed by atoms with Crippen molar-refractivity contribution >= 4 is 18.2 Å². The summed E-state index contributed by atoms with van der Waals surface area (Å²) in [4.78, 5) is 18.4. The summed E-state index contributed by atoms with van der Waals surface area (Å²) in [6, 6.07) is 21.4. The lowest BCUT2D eigenvalue weighted by Gasteiger charge is -2.28. The van der Waals surface area contributed by atoms with Crippen molar-refractivity contribution in [2.75, 3.05) is 12.9 Å². The minimum atomic E-state index is -4.06. The first-order valence-corrected chi connectivity index (χ1v) is 21.5. The molecule has 10 nitrogen and oxygen atoms in total. The lowest BCUT2D eigenvalue weighted by atomic mass is 9.86. The first kappa shape index (κ1) is 36.8. The maximum Gasteiger partial charge on any atom is 0.264 e. The molecule has 2 aromatic heterocycles. The molecule has 5 rings (SSSR count). The van der Waals surface area contributed by atoms with Gasteiger partial charge in [-0.25, -0.2) is 18.4 Å². The Morgan fingerprint density at radius 3 is 2.10 bits per heavy atom. The second-order valence-electron chi connectivity index (χ2n) is 13.2. The summed E-state index contributed by atoms with van der Waals surface area (Å²) in [5.41, 5.74) is 1.34. The summed E-state index contributed by atoms with van der Waals surface area (Å²) in [6.07, 6.45) is 4.32. The van der Waals surface area contributed by atoms with E-state index in [1.807, 2.05) is 30.3 Å². The van der Waals surface area contributed by atoms with Crippen LogP contribution in [0.3, 0.4) is 0 Å². The molecule has 0 fully saturated rings. The minimum absolute atomic E-state index is 0.0293. The van der Waals surface area contributed by atoms with Crippen LogP contribution in [0.4, 0.5) is 8.78 Å². The molecule has 14 heteroatoms. The van der Waals surface area contributed by atoms with Gasteiger partial charge in [-0.15, -0.1) is 0 Å². The lowest BCUT2D eigenvalue weighted by molar-refractivity contribution is 0.0766. The summed E-state index contributed by atoms with van der Waals surface area (Å²) in [7, 11) is -5.42. The Bertz CT molecular complexity index is 1990. The molecule has 0 saturated carbocycles. The van der Waals surface area contributed by atoms with Gasteiger partial charge in [-0.05, 0) is 47.0 Å². The molecule has 264 valence electrons. The molecule has 1 unspecified atom stereocenters. The first-order valence-electron chi connectivity index (χ1n) is 16.0. The second kappa shape index (κ2) is 16.0. The van der Waals surface area contributed by atoms with Crippen LogP contribution in [-0.4, -0.2) is 54.8 Å². The van der Waals surface area contributed by atoms with E-state index in [2.05, 4.69) is 29.7 Å². The molecule has 0 aliphatic heterocycles. The summed E-state index contributed by atoms with van der Waals surface area (Å²) in [5, 5.41) is 4.57. The van der Waals surface area contributed by atoms with Crippen LogP contribution in [0.15, 0.2) is 102 Å². The average molecular weight is 723 g/mol. The van der Waals surface area contributed by atoms with Gasteiger partial charge >= 0.3 is 0 Å². The molecule has 50 heavy (non-hydrogen) atoms. The zero-order chi connectivity index (χ0) is 35.9. The number of hydrogen-bond acceptors (Lipinski definition) is 8. The number of halogens is 2. The van der Waals surface area contributed by atoms with Crippen LogP contribution in [-0.2, 0) is 38.9 Å². The Morgan fingerprint density at radius 1 is 0.900 bits per heavy atom. The molecule has 0 amide bonds. The minimum Gasteiger partial charge on any atom is -0.483 e. The van der Waals surface area contributed by atoms with Gasteiger partial charge in [-0.3, -0.25) is 8.98 Å². The lowest BCUT2D eigenvalue weighted by Crippen LogP contribution is -2.31. The molecule has 0 saturated heterocycles. The maximum atomic E-state index is 14.0. The van der Waals surface area contributed by atoms with Crippen LogP contribution >= 0.6 is 0 Å². The fraction of sp³-hybridized carbons (Fsp3) is 0.306. The molecule has 0 aliphatic rings. The van der Waals surface area contributed by atoms with Gasteiger partial charge in [0, 0.05) is 33.0 Å². The van der Waals surface area contributed by atoms with E-state index in [1.165, 1.54) is 65.6 Å². The predicted octanol–water partition coefficient (Wildman–Crippen LogP) is 6.45. The molecule has 0 radical (unpaired) electrons. The zero-order valence-corrected chi connectivity index (χ0v) is 30.1. The summed E-state index contributed by atoms with van der Waals surface area (Å²) in [6.45, 7) is 7.32. The third-order valence-electron chi connectivity index (χ3n) is 7.82. The van der Waals surface area contributed by atoms with Crippen LogP contribution in [0.25, 0.3) is 11.5 Å². The van der Waals surface area contributed by atoms with Crippen LogP contribution < -0.4 is 10.2 Å². The molecule has 0 spiro atoms. The molecular formula is C36H40F2N4O6SSi. The molecular weight excluding hydrogens is 683 g/mol. The Hall–Kier alpha value is -4.50. The molecule has 0 N–H and O–H groups in total. The van der Waals surface area contributed by atoms with E-state index in [4.69, 9.17) is 13.7 Å². The van der Waals surface area contributed by atoms with Crippen LogP contribution in [0.2, 0.25) is 25.7 Å². The number of imidazole rings is 1. The standard InChI is InChI=1S/C36H40F2N4O6SSi/c1-49(44,45)48-31(33(27-10-14-29(37)15-11-27)28-12-16-30(38)17-13-28)22-41-19-18-39-36(41)34-35(43)32(47-24-26-8-6-5-7-9-26)23-42(40-34)25-46-20-21-50(2,3)4/h5-19,23,31,33H,20-22,24-25H2,1-4H3. The first-order chi connectivity index (χ1) is 23.8. The largest absolute Gasteiger partial charge is 0.483 e. The van der Waals surface area contributed by atoms with Crippen molar-refractivity contribution in [3.05, 3.63) is 136 Å². The van der Waals surface area contributed by atoms with Crippen LogP contribution in [0.5, 0.6) is 5.75 Å². The number of nitrogens with zero attached hydrogens (tertiary/aromatic N) is 4. The normalized spacial score (nSPS) is 12.7. The summed E-state index contributed by atoms with van der Waals surface area (Å²) in [5.74, 6) is -1.60. The number of benzene rings is 3. The highest BCUT2D eigenvalue weighted by atomic mass is 32.2. The van der Waals surface area contributed by atoms with E-state index in [0.717, 1.165) is 17.9 Å². The number of hydrogen-bond donors (Lipinski definition) is 0. The fourth-order valence-corrected chi connectivity index (χ4v) is 6.72. The van der Waals surface area contributed by atoms with E-state index in [9.17, 15) is 22.0 Å². The smallest absolute Gasteiger partial charge is 0.264 e. The van der Waals surface area contributed by atoms with E-state index < -0.39 is 47.3 Å². The molecule has 0 bridgehead atoms. The quantitative estimate of drug-likeness (QED) is 0.0649. The summed E-state index contributed by atoms with van der Waals surface area (Å²) >= 11 is 0. The van der Waals surface area contributed by atoms with Crippen LogP contribution in [0, 0.1) is 11.6 Å². The predicted molar refractivity (Wildman–Crippen MR) is 189 cm³/mol. The van der Waals surface area contributed by atoms with Gasteiger partial charge in [0.2, 0.25) is 0 Å². The van der Waals surface area contributed by atoms with Gasteiger partial charge in [0.15, 0.2) is 17.3 Å². The maximum absolute atomic E-state index is 14.0. The highest BCUT2D eigenvalue weighted by Gasteiger charge is 2.31. The van der Waals surface area contributed by atoms with Crippen LogP contribution in [0.1, 0.15) is 22.6 Å². The molecule has 5 aromatic rings. The Labute approximate surface area is 291 Å². The SMILES string of the molecule is C[Si](C)(C)CCOCn1cc(OCc2ccccc2)c(=O)c(-c2nccn2CC(OS(C)(=O)=O)C(c2ccc(F)cc2)c2ccc(F)cc2)n1. The molecule has 3 aromatic carbocycles. The number of rotatable bonds is 16. The van der Waals surface area contributed by atoms with Gasteiger partial charge in [-0.2, -0.15) is 13.5 Å². The van der Waals surface area contributed by atoms with Crippen molar-refractivity contribution in [2.24, 2.45) is 0 Å². The van der Waals surface area contributed by atoms with Crippen molar-refractivity contribution < 1.29 is 30.9 Å². The van der Waals surface area contributed by atoms with E-state index >= 15 is 0 Å². The zero-order valence-electron chi connectivity index (χ0n) is 28.3. The monoisotopic (exact) mass is 722 g/mol. The van der Waals surface area contributed by atoms with Gasteiger partial charge in [-0.1, -0.05) is 74.2 Å². The van der Waals surface area contributed by atoms with Crippen molar-refractivity contribution in [2.45, 2.75) is 57.6 Å². The number of ether oxygens (including phenoxy) is 2. The second-order valence-corrected chi connectivity index (χ2v) is 20.4. The Kier molecular flexibility index (Phi) is 11.8. The number of aromatic nitrogens is 4. The van der Waals surface area contributed by atoms with E-state index in [0.29, 0.717) is 17.7 Å². The van der Waals surface area contributed by atoms with Crippen molar-refractivity contribution in [1.29, 1.82) is 0 Å². The molecule has 2 heterocycles. The van der Waals surface area contributed by atoms with Gasteiger partial charge in [0.25, 0.3) is 15.5 Å². The Morgan fingerprint density at radius 2 is 1.52 bits per heavy atom. The van der Waals surface area contributed by atoms with Crippen molar-refractivity contribution in [3.8, 4) is 17.3 Å². The molecule has 0 aliphatic carbocycles. The van der Waals surface area contributed by atoms with Crippen molar-refractivity contribution in [3.63, 3.8) is 0 Å². The highest BCUT2D eigenvalue weighted by molar-refractivity contribution is 7.86. The van der Waals surface area contributed by atoms with E-state index in [1.54, 1.807) is 10.8 Å². The third kappa shape index (κ3) is 10.3. The summed E-state index contributed by atoms with van der Waals surface area (Å²) < 4.78 is 73.9. The topological polar surface area (TPSA) is 115 Å². The van der Waals surface area contributed by atoms with Gasteiger partial charge < -0.3 is 14.0 Å². The van der Waals surface area contributed by atoms with Crippen molar-refractivity contribution in [1.82, 2.24) is 19.3 Å². The Balaban J connectivity index is 1.54. The molecule has 1 atom stereocenters. The average Bonchev–Trinajstić information content (AvgIpc) is 3.52. The van der Waals surface area contributed by atoms with Gasteiger partial charge in [0.1, 0.15) is 31.1 Å². The fourth-order valence-electron chi connectivity index (χ4n) is 5.35. The third-order valence-corrected chi connectivity index (χ3v) is 10.1. The highest BCUT2D eigenvalue weighted by Crippen LogP contribution is 2.33.